The number of methoxy groups -OCH3 is 1. The van der Waals surface area contributed by atoms with Crippen LogP contribution in [0.3, 0.4) is 0 Å². The molecule has 0 radical (unpaired) electrons. The van der Waals surface area contributed by atoms with Gasteiger partial charge < -0.3 is 10.1 Å². The summed E-state index contributed by atoms with van der Waals surface area (Å²) in [5, 5.41) is 22.9. The van der Waals surface area contributed by atoms with E-state index in [1.54, 1.807) is 6.26 Å². The maximum Gasteiger partial charge on any atom is 0.285 e. The molecule has 0 saturated carbocycles. The summed E-state index contributed by atoms with van der Waals surface area (Å²) in [5.74, 6) is -0.345. The molecule has 0 atom stereocenters. The lowest BCUT2D eigenvalue weighted by atomic mass is 10.1. The molecule has 0 aromatic heterocycles. The minimum atomic E-state index is -0.662. The van der Waals surface area contributed by atoms with Crippen LogP contribution in [0, 0.1) is 21.4 Å². The first-order valence-electron chi connectivity index (χ1n) is 6.82. The molecular weight excluding hydrogens is 366 g/mol. The average molecular weight is 378 g/mol. The van der Waals surface area contributed by atoms with Crippen molar-refractivity contribution in [2.75, 3.05) is 18.7 Å². The number of hydrogen-bond donors (Lipinski definition) is 1. The summed E-state index contributed by atoms with van der Waals surface area (Å²) in [7, 11) is 1.40. The van der Waals surface area contributed by atoms with Crippen molar-refractivity contribution in [1.82, 2.24) is 0 Å². The van der Waals surface area contributed by atoms with Crippen LogP contribution in [0.4, 0.5) is 11.4 Å². The van der Waals surface area contributed by atoms with Crippen LogP contribution in [0.2, 0.25) is 5.02 Å². The number of carbonyl (C=O) groups is 1. The van der Waals surface area contributed by atoms with Gasteiger partial charge in [0.2, 0.25) is 0 Å². The Hall–Kier alpha value is -2.76. The number of benzene rings is 2. The van der Waals surface area contributed by atoms with E-state index in [-0.39, 0.29) is 21.8 Å². The summed E-state index contributed by atoms with van der Waals surface area (Å²) < 4.78 is 5.12. The Morgan fingerprint density at radius 2 is 2.12 bits per heavy atom. The number of nitro benzene ring substituents is 1. The molecule has 0 unspecified atom stereocenters. The van der Waals surface area contributed by atoms with E-state index in [9.17, 15) is 14.9 Å². The molecule has 1 amide bonds. The van der Waals surface area contributed by atoms with Gasteiger partial charge in [-0.1, -0.05) is 11.6 Å². The minimum Gasteiger partial charge on any atom is -0.495 e. The van der Waals surface area contributed by atoms with E-state index in [2.05, 4.69) is 5.32 Å². The topological polar surface area (TPSA) is 105 Å². The average Bonchev–Trinajstić information content (AvgIpc) is 2.60. The standard InChI is InChI=1S/C16H12ClN3O4S/c1-24-14-7-13(20(22)23)11(6-15(14)25-2)16(21)19-10-4-3-9(8-18)12(17)5-10/h3-7H,1-2H3,(H,19,21). The number of hydrogen-bond acceptors (Lipinski definition) is 6. The highest BCUT2D eigenvalue weighted by Gasteiger charge is 2.24. The van der Waals surface area contributed by atoms with Gasteiger partial charge in [-0.25, -0.2) is 0 Å². The minimum absolute atomic E-state index is 0.101. The summed E-state index contributed by atoms with van der Waals surface area (Å²) >= 11 is 7.23. The van der Waals surface area contributed by atoms with Crippen molar-refractivity contribution >= 4 is 40.6 Å². The zero-order valence-electron chi connectivity index (χ0n) is 13.2. The van der Waals surface area contributed by atoms with Crippen LogP contribution >= 0.6 is 23.4 Å². The lowest BCUT2D eigenvalue weighted by molar-refractivity contribution is -0.385. The molecule has 0 fully saturated rings. The van der Waals surface area contributed by atoms with Crippen LogP contribution in [0.5, 0.6) is 5.75 Å². The van der Waals surface area contributed by atoms with E-state index in [0.717, 1.165) is 0 Å². The summed E-state index contributed by atoms with van der Waals surface area (Å²) in [4.78, 5) is 23.7. The summed E-state index contributed by atoms with van der Waals surface area (Å²) in [5.41, 5.74) is 0.118. The lowest BCUT2D eigenvalue weighted by Gasteiger charge is -2.11. The van der Waals surface area contributed by atoms with Gasteiger partial charge in [-0.05, 0) is 30.5 Å². The number of nitrogens with zero attached hydrogens (tertiary/aromatic N) is 2. The van der Waals surface area contributed by atoms with Gasteiger partial charge >= 0.3 is 0 Å². The number of nitriles is 1. The molecule has 0 aliphatic rings. The number of nitrogens with one attached hydrogen (secondary N) is 1. The number of carbonyl (C=O) groups excluding carboxylic acids is 1. The Bertz CT molecular complexity index is 896. The number of anilines is 1. The SMILES string of the molecule is COc1cc([N+](=O)[O-])c(C(=O)Nc2ccc(C#N)c(Cl)c2)cc1SC. The number of amides is 1. The lowest BCUT2D eigenvalue weighted by Crippen LogP contribution is -2.14. The second-order valence-corrected chi connectivity index (χ2v) is 6.00. The van der Waals surface area contributed by atoms with E-state index in [4.69, 9.17) is 21.6 Å². The van der Waals surface area contributed by atoms with Crippen LogP contribution in [0.1, 0.15) is 15.9 Å². The fourth-order valence-electron chi connectivity index (χ4n) is 2.08. The van der Waals surface area contributed by atoms with Crippen molar-refractivity contribution in [1.29, 1.82) is 5.26 Å². The predicted molar refractivity (Wildman–Crippen MR) is 95.5 cm³/mol. The first-order chi connectivity index (χ1) is 11.9. The summed E-state index contributed by atoms with van der Waals surface area (Å²) in [6, 6.07) is 8.88. The number of halogens is 1. The molecule has 25 heavy (non-hydrogen) atoms. The zero-order valence-corrected chi connectivity index (χ0v) is 14.8. The van der Waals surface area contributed by atoms with E-state index in [1.165, 1.54) is 49.2 Å². The van der Waals surface area contributed by atoms with Gasteiger partial charge in [0.25, 0.3) is 11.6 Å². The molecule has 2 aromatic carbocycles. The second kappa shape index (κ2) is 7.88. The van der Waals surface area contributed by atoms with Crippen molar-refractivity contribution in [3.05, 3.63) is 56.6 Å². The van der Waals surface area contributed by atoms with Gasteiger partial charge in [-0.15, -0.1) is 11.8 Å². The Labute approximate surface area is 152 Å². The first-order valence-corrected chi connectivity index (χ1v) is 8.43. The van der Waals surface area contributed by atoms with E-state index >= 15 is 0 Å². The number of nitro groups is 1. The van der Waals surface area contributed by atoms with Gasteiger partial charge in [0.05, 0.1) is 33.6 Å². The van der Waals surface area contributed by atoms with Gasteiger partial charge in [0.1, 0.15) is 17.4 Å². The van der Waals surface area contributed by atoms with Crippen molar-refractivity contribution in [3.8, 4) is 11.8 Å². The maximum atomic E-state index is 12.5. The molecule has 2 aromatic rings. The number of ether oxygens (including phenoxy) is 1. The van der Waals surface area contributed by atoms with E-state index < -0.39 is 10.8 Å². The van der Waals surface area contributed by atoms with E-state index in [0.29, 0.717) is 16.3 Å². The Balaban J connectivity index is 2.43. The van der Waals surface area contributed by atoms with Crippen LogP contribution in [-0.2, 0) is 0 Å². The molecule has 0 aliphatic carbocycles. The van der Waals surface area contributed by atoms with E-state index in [1.807, 2.05) is 6.07 Å². The van der Waals surface area contributed by atoms with Gasteiger partial charge in [-0.3, -0.25) is 14.9 Å². The van der Waals surface area contributed by atoms with Crippen LogP contribution in [0.25, 0.3) is 0 Å². The highest BCUT2D eigenvalue weighted by atomic mass is 35.5. The van der Waals surface area contributed by atoms with Crippen molar-refractivity contribution in [2.45, 2.75) is 4.90 Å². The van der Waals surface area contributed by atoms with Crippen LogP contribution in [-0.4, -0.2) is 24.2 Å². The molecule has 0 spiro atoms. The Morgan fingerprint density at radius 3 is 2.64 bits per heavy atom. The van der Waals surface area contributed by atoms with Gasteiger partial charge in [0, 0.05) is 5.69 Å². The zero-order chi connectivity index (χ0) is 18.6. The smallest absolute Gasteiger partial charge is 0.285 e. The number of thioether (sulfide) groups is 1. The monoisotopic (exact) mass is 377 g/mol. The molecule has 1 N–H and O–H groups in total. The molecule has 2 rings (SSSR count). The predicted octanol–water partition coefficient (Wildman–Crippen LogP) is 4.10. The third kappa shape index (κ3) is 4.02. The highest BCUT2D eigenvalue weighted by Crippen LogP contribution is 2.35. The summed E-state index contributed by atoms with van der Waals surface area (Å²) in [6.07, 6.45) is 1.77. The first kappa shape index (κ1) is 18.6. The largest absolute Gasteiger partial charge is 0.495 e. The maximum absolute atomic E-state index is 12.5. The molecule has 0 heterocycles. The molecule has 0 bridgehead atoms. The molecule has 128 valence electrons. The van der Waals surface area contributed by atoms with Crippen molar-refractivity contribution in [3.63, 3.8) is 0 Å². The molecular formula is C16H12ClN3O4S. The van der Waals surface area contributed by atoms with Gasteiger partial charge in [-0.2, -0.15) is 5.26 Å². The molecule has 7 nitrogen and oxygen atoms in total. The second-order valence-electron chi connectivity index (χ2n) is 4.74. The van der Waals surface area contributed by atoms with Crippen molar-refractivity contribution < 1.29 is 14.5 Å². The van der Waals surface area contributed by atoms with Crippen LogP contribution in [0.15, 0.2) is 35.2 Å². The fourth-order valence-corrected chi connectivity index (χ4v) is 2.89. The Kier molecular flexibility index (Phi) is 5.85. The third-order valence-electron chi connectivity index (χ3n) is 3.29. The third-order valence-corrected chi connectivity index (χ3v) is 4.36. The summed E-state index contributed by atoms with van der Waals surface area (Å²) in [6.45, 7) is 0. The quantitative estimate of drug-likeness (QED) is 0.477. The van der Waals surface area contributed by atoms with Crippen molar-refractivity contribution in [2.24, 2.45) is 0 Å². The van der Waals surface area contributed by atoms with Gasteiger partial charge in [0.15, 0.2) is 0 Å². The fraction of sp³-hybridized carbons (Fsp3) is 0.125. The molecule has 0 aliphatic heterocycles. The molecule has 0 saturated heterocycles. The Morgan fingerprint density at radius 1 is 1.40 bits per heavy atom. The highest BCUT2D eigenvalue weighted by molar-refractivity contribution is 7.98. The molecule has 9 heteroatoms. The normalized spacial score (nSPS) is 10.0. The number of rotatable bonds is 5. The van der Waals surface area contributed by atoms with Crippen LogP contribution < -0.4 is 10.1 Å².